The van der Waals surface area contributed by atoms with E-state index in [-0.39, 0.29) is 17.6 Å². The largest absolute Gasteiger partial charge is 0.508 e. The molecule has 1 heterocycles. The fraction of sp³-hybridized carbons (Fsp3) is 0.364. The highest BCUT2D eigenvalue weighted by atomic mass is 16.3. The van der Waals surface area contributed by atoms with Gasteiger partial charge >= 0.3 is 0 Å². The Morgan fingerprint density at radius 1 is 1.36 bits per heavy atom. The quantitative estimate of drug-likeness (QED) is 0.705. The van der Waals surface area contributed by atoms with Gasteiger partial charge in [0.25, 0.3) is 0 Å². The van der Waals surface area contributed by atoms with E-state index in [0.29, 0.717) is 12.0 Å². The summed E-state index contributed by atoms with van der Waals surface area (Å²) in [6.45, 7) is 0.838. The number of Topliss-reactive ketones (excluding diaryl/α,β-unsaturated/α-hetero) is 1. The van der Waals surface area contributed by atoms with Crippen molar-refractivity contribution < 1.29 is 9.90 Å². The summed E-state index contributed by atoms with van der Waals surface area (Å²) in [7, 11) is 0. The lowest BCUT2D eigenvalue weighted by Crippen LogP contribution is -2.34. The van der Waals surface area contributed by atoms with Gasteiger partial charge in [-0.1, -0.05) is 18.2 Å². The zero-order valence-corrected chi connectivity index (χ0v) is 7.86. The molecule has 74 valence electrons. The van der Waals surface area contributed by atoms with Crippen LogP contribution in [0.15, 0.2) is 24.3 Å². The van der Waals surface area contributed by atoms with E-state index in [1.807, 2.05) is 6.07 Å². The standard InChI is InChI=1S/C11H13NO2/c13-9-5-2-1-4-8(9)11-10(14)6-3-7-12-11/h1-2,4-5,11-13H,3,6-7H2. The summed E-state index contributed by atoms with van der Waals surface area (Å²) in [4.78, 5) is 11.6. The van der Waals surface area contributed by atoms with Gasteiger partial charge in [0, 0.05) is 12.0 Å². The molecule has 0 radical (unpaired) electrons. The zero-order chi connectivity index (χ0) is 9.97. The van der Waals surface area contributed by atoms with E-state index in [2.05, 4.69) is 5.32 Å². The molecule has 2 N–H and O–H groups in total. The third-order valence-electron chi connectivity index (χ3n) is 2.52. The van der Waals surface area contributed by atoms with Crippen molar-refractivity contribution >= 4 is 5.78 Å². The fourth-order valence-corrected chi connectivity index (χ4v) is 1.78. The summed E-state index contributed by atoms with van der Waals surface area (Å²) in [6.07, 6.45) is 1.49. The molecule has 1 unspecified atom stereocenters. The summed E-state index contributed by atoms with van der Waals surface area (Å²) in [6, 6.07) is 6.67. The lowest BCUT2D eigenvalue weighted by Gasteiger charge is -2.23. The van der Waals surface area contributed by atoms with E-state index in [1.165, 1.54) is 0 Å². The van der Waals surface area contributed by atoms with E-state index in [1.54, 1.807) is 18.2 Å². The lowest BCUT2D eigenvalue weighted by atomic mass is 9.95. The molecule has 0 spiro atoms. The summed E-state index contributed by atoms with van der Waals surface area (Å²) >= 11 is 0. The van der Waals surface area contributed by atoms with Gasteiger partial charge < -0.3 is 10.4 Å². The van der Waals surface area contributed by atoms with Crippen LogP contribution in [0.4, 0.5) is 0 Å². The van der Waals surface area contributed by atoms with Gasteiger partial charge in [-0.15, -0.1) is 0 Å². The van der Waals surface area contributed by atoms with E-state index in [4.69, 9.17) is 0 Å². The molecule has 14 heavy (non-hydrogen) atoms. The number of piperidine rings is 1. The Morgan fingerprint density at radius 3 is 2.86 bits per heavy atom. The number of ketones is 1. The first-order valence-corrected chi connectivity index (χ1v) is 4.83. The number of nitrogens with one attached hydrogen (secondary N) is 1. The highest BCUT2D eigenvalue weighted by Crippen LogP contribution is 2.27. The van der Waals surface area contributed by atoms with Crippen LogP contribution in [0.5, 0.6) is 5.75 Å². The SMILES string of the molecule is O=C1CCCNC1c1ccccc1O. The van der Waals surface area contributed by atoms with Crippen LogP contribution in [0.3, 0.4) is 0 Å². The van der Waals surface area contributed by atoms with Crippen LogP contribution in [0, 0.1) is 0 Å². The molecule has 0 bridgehead atoms. The first-order valence-electron chi connectivity index (χ1n) is 4.83. The Hall–Kier alpha value is -1.35. The Bertz CT molecular complexity index is 349. The Balaban J connectivity index is 2.29. The number of hydrogen-bond acceptors (Lipinski definition) is 3. The molecule has 0 aromatic heterocycles. The Morgan fingerprint density at radius 2 is 2.14 bits per heavy atom. The minimum absolute atomic E-state index is 0.165. The number of para-hydroxylation sites is 1. The van der Waals surface area contributed by atoms with Crippen molar-refractivity contribution in [1.29, 1.82) is 0 Å². The molecule has 2 rings (SSSR count). The average molecular weight is 191 g/mol. The minimum atomic E-state index is -0.315. The summed E-state index contributed by atoms with van der Waals surface area (Å²) in [5.41, 5.74) is 0.692. The number of phenolic OH excluding ortho intramolecular Hbond substituents is 1. The van der Waals surface area contributed by atoms with E-state index in [9.17, 15) is 9.90 Å². The predicted molar refractivity (Wildman–Crippen MR) is 53.1 cm³/mol. The Labute approximate surface area is 82.8 Å². The molecule has 1 aromatic rings. The molecule has 3 nitrogen and oxygen atoms in total. The molecule has 1 fully saturated rings. The lowest BCUT2D eigenvalue weighted by molar-refractivity contribution is -0.122. The maximum atomic E-state index is 11.6. The van der Waals surface area contributed by atoms with Crippen LogP contribution in [-0.4, -0.2) is 17.4 Å². The van der Waals surface area contributed by atoms with Gasteiger partial charge in [0.2, 0.25) is 0 Å². The monoisotopic (exact) mass is 191 g/mol. The second-order valence-electron chi connectivity index (χ2n) is 3.52. The first kappa shape index (κ1) is 9.21. The van der Waals surface area contributed by atoms with Gasteiger partial charge in [0.1, 0.15) is 5.75 Å². The maximum Gasteiger partial charge on any atom is 0.154 e. The molecule has 3 heteroatoms. The molecule has 1 atom stereocenters. The van der Waals surface area contributed by atoms with E-state index < -0.39 is 0 Å². The second-order valence-corrected chi connectivity index (χ2v) is 3.52. The van der Waals surface area contributed by atoms with Crippen molar-refractivity contribution in [3.63, 3.8) is 0 Å². The van der Waals surface area contributed by atoms with Crippen molar-refractivity contribution in [2.45, 2.75) is 18.9 Å². The summed E-state index contributed by atoms with van der Waals surface area (Å²) in [5, 5.41) is 12.7. The minimum Gasteiger partial charge on any atom is -0.508 e. The molecular formula is C11H13NO2. The van der Waals surface area contributed by atoms with Crippen LogP contribution in [-0.2, 0) is 4.79 Å². The summed E-state index contributed by atoms with van der Waals surface area (Å²) < 4.78 is 0. The van der Waals surface area contributed by atoms with Crippen molar-refractivity contribution in [2.75, 3.05) is 6.54 Å². The van der Waals surface area contributed by atoms with Crippen LogP contribution in [0.25, 0.3) is 0 Å². The third kappa shape index (κ3) is 1.63. The number of carbonyl (C=O) groups is 1. The smallest absolute Gasteiger partial charge is 0.154 e. The van der Waals surface area contributed by atoms with Gasteiger partial charge in [0.05, 0.1) is 6.04 Å². The van der Waals surface area contributed by atoms with Crippen molar-refractivity contribution in [1.82, 2.24) is 5.32 Å². The van der Waals surface area contributed by atoms with Gasteiger partial charge in [-0.2, -0.15) is 0 Å². The maximum absolute atomic E-state index is 11.6. The van der Waals surface area contributed by atoms with Crippen LogP contribution < -0.4 is 5.32 Å². The zero-order valence-electron chi connectivity index (χ0n) is 7.86. The molecule has 0 aliphatic carbocycles. The van der Waals surface area contributed by atoms with Crippen LogP contribution in [0.2, 0.25) is 0 Å². The normalized spacial score (nSPS) is 22.3. The van der Waals surface area contributed by atoms with E-state index >= 15 is 0 Å². The predicted octanol–water partition coefficient (Wildman–Crippen LogP) is 1.39. The third-order valence-corrected chi connectivity index (χ3v) is 2.52. The highest BCUT2D eigenvalue weighted by molar-refractivity contribution is 5.86. The summed E-state index contributed by atoms with van der Waals surface area (Å²) in [5.74, 6) is 0.359. The van der Waals surface area contributed by atoms with E-state index in [0.717, 1.165) is 13.0 Å². The molecule has 1 saturated heterocycles. The topological polar surface area (TPSA) is 49.3 Å². The number of carbonyl (C=O) groups excluding carboxylic acids is 1. The van der Waals surface area contributed by atoms with Crippen molar-refractivity contribution in [3.05, 3.63) is 29.8 Å². The number of benzene rings is 1. The molecule has 0 amide bonds. The average Bonchev–Trinajstić information content (AvgIpc) is 2.20. The molecule has 1 aromatic carbocycles. The van der Waals surface area contributed by atoms with Gasteiger partial charge in [0.15, 0.2) is 5.78 Å². The van der Waals surface area contributed by atoms with Gasteiger partial charge in [-0.25, -0.2) is 0 Å². The number of rotatable bonds is 1. The first-order chi connectivity index (χ1) is 6.79. The van der Waals surface area contributed by atoms with Crippen LogP contribution in [0.1, 0.15) is 24.4 Å². The Kier molecular flexibility index (Phi) is 2.50. The number of hydrogen-bond donors (Lipinski definition) is 2. The molecular weight excluding hydrogens is 178 g/mol. The van der Waals surface area contributed by atoms with Gasteiger partial charge in [-0.3, -0.25) is 4.79 Å². The van der Waals surface area contributed by atoms with Crippen molar-refractivity contribution in [3.8, 4) is 5.75 Å². The molecule has 1 aliphatic heterocycles. The van der Waals surface area contributed by atoms with Crippen molar-refractivity contribution in [2.24, 2.45) is 0 Å². The van der Waals surface area contributed by atoms with Crippen LogP contribution >= 0.6 is 0 Å². The number of aromatic hydroxyl groups is 1. The second kappa shape index (κ2) is 3.80. The highest BCUT2D eigenvalue weighted by Gasteiger charge is 2.24. The number of phenols is 1. The molecule has 0 saturated carbocycles. The van der Waals surface area contributed by atoms with Gasteiger partial charge in [-0.05, 0) is 19.0 Å². The fourth-order valence-electron chi connectivity index (χ4n) is 1.78. The molecule has 1 aliphatic rings.